The van der Waals surface area contributed by atoms with Gasteiger partial charge in [0.25, 0.3) is 0 Å². The molecule has 3 N–H and O–H groups in total. The quantitative estimate of drug-likeness (QED) is 0.867. The van der Waals surface area contributed by atoms with E-state index in [0.717, 1.165) is 0 Å². The predicted octanol–water partition coefficient (Wildman–Crippen LogP) is 1.67. The van der Waals surface area contributed by atoms with E-state index in [2.05, 4.69) is 4.72 Å². The monoisotopic (exact) mass is 306 g/mol. The molecule has 5 nitrogen and oxygen atoms in total. The standard InChI is InChI=1S/C12H19ClN2O3S/c1-8-5-10(18-4)9(13)6-11(8)19(16,17)15-7-12(2,3)14/h5-6,15H,7,14H2,1-4H3. The molecule has 7 heteroatoms. The number of methoxy groups -OCH3 is 1. The average molecular weight is 307 g/mol. The number of benzene rings is 1. The lowest BCUT2D eigenvalue weighted by molar-refractivity contribution is 0.414. The molecule has 108 valence electrons. The maximum atomic E-state index is 12.2. The zero-order valence-electron chi connectivity index (χ0n) is 11.5. The van der Waals surface area contributed by atoms with E-state index in [9.17, 15) is 8.42 Å². The number of sulfonamides is 1. The predicted molar refractivity (Wildman–Crippen MR) is 76.2 cm³/mol. The third-order valence-corrected chi connectivity index (χ3v) is 4.30. The van der Waals surface area contributed by atoms with Gasteiger partial charge in [-0.25, -0.2) is 13.1 Å². The first kappa shape index (κ1) is 16.2. The van der Waals surface area contributed by atoms with E-state index in [1.165, 1.54) is 13.2 Å². The molecule has 1 rings (SSSR count). The molecule has 0 saturated carbocycles. The number of nitrogens with two attached hydrogens (primary N) is 1. The summed E-state index contributed by atoms with van der Waals surface area (Å²) in [6, 6.07) is 2.96. The first-order valence-corrected chi connectivity index (χ1v) is 7.55. The largest absolute Gasteiger partial charge is 0.495 e. The van der Waals surface area contributed by atoms with E-state index in [4.69, 9.17) is 22.1 Å². The SMILES string of the molecule is COc1cc(C)c(S(=O)(=O)NCC(C)(C)N)cc1Cl. The Morgan fingerprint density at radius 3 is 2.47 bits per heavy atom. The first-order valence-electron chi connectivity index (χ1n) is 5.69. The van der Waals surface area contributed by atoms with Crippen LogP contribution in [0.5, 0.6) is 5.75 Å². The summed E-state index contributed by atoms with van der Waals surface area (Å²) in [6.07, 6.45) is 0. The zero-order valence-corrected chi connectivity index (χ0v) is 13.0. The van der Waals surface area contributed by atoms with Crippen molar-refractivity contribution in [1.82, 2.24) is 4.72 Å². The van der Waals surface area contributed by atoms with Gasteiger partial charge in [0.1, 0.15) is 5.75 Å². The van der Waals surface area contributed by atoms with Gasteiger partial charge in [0, 0.05) is 12.1 Å². The lowest BCUT2D eigenvalue weighted by Crippen LogP contribution is -2.45. The van der Waals surface area contributed by atoms with Gasteiger partial charge in [0.15, 0.2) is 0 Å². The fourth-order valence-electron chi connectivity index (χ4n) is 1.44. The molecule has 0 aliphatic heterocycles. The number of aryl methyl sites for hydroxylation is 1. The topological polar surface area (TPSA) is 81.4 Å². The lowest BCUT2D eigenvalue weighted by Gasteiger charge is -2.19. The minimum absolute atomic E-state index is 0.127. The van der Waals surface area contributed by atoms with Crippen LogP contribution in [0.2, 0.25) is 5.02 Å². The smallest absolute Gasteiger partial charge is 0.240 e. The molecule has 0 heterocycles. The second-order valence-electron chi connectivity index (χ2n) is 5.07. The van der Waals surface area contributed by atoms with E-state index in [-0.39, 0.29) is 16.5 Å². The van der Waals surface area contributed by atoms with E-state index in [1.54, 1.807) is 26.8 Å². The Morgan fingerprint density at radius 1 is 1.42 bits per heavy atom. The van der Waals surface area contributed by atoms with Gasteiger partial charge in [-0.1, -0.05) is 11.6 Å². The second-order valence-corrected chi connectivity index (χ2v) is 7.21. The molecule has 0 saturated heterocycles. The van der Waals surface area contributed by atoms with Gasteiger partial charge in [0.05, 0.1) is 17.0 Å². The molecule has 0 spiro atoms. The Kier molecular flexibility index (Phi) is 4.84. The number of rotatable bonds is 5. The fourth-order valence-corrected chi connectivity index (χ4v) is 3.22. The molecular weight excluding hydrogens is 288 g/mol. The Balaban J connectivity index is 3.12. The summed E-state index contributed by atoms with van der Waals surface area (Å²) < 4.78 is 31.9. The van der Waals surface area contributed by atoms with Gasteiger partial charge >= 0.3 is 0 Å². The van der Waals surface area contributed by atoms with Crippen LogP contribution in [0.4, 0.5) is 0 Å². The van der Waals surface area contributed by atoms with Crippen LogP contribution in [0.25, 0.3) is 0 Å². The van der Waals surface area contributed by atoms with E-state index in [1.807, 2.05) is 0 Å². The maximum Gasteiger partial charge on any atom is 0.240 e. The summed E-state index contributed by atoms with van der Waals surface area (Å²) >= 11 is 5.96. The summed E-state index contributed by atoms with van der Waals surface area (Å²) in [6.45, 7) is 5.30. The highest BCUT2D eigenvalue weighted by Crippen LogP contribution is 2.30. The fraction of sp³-hybridized carbons (Fsp3) is 0.500. The van der Waals surface area contributed by atoms with Crippen LogP contribution in [0, 0.1) is 6.92 Å². The molecule has 0 aromatic heterocycles. The van der Waals surface area contributed by atoms with Crippen molar-refractivity contribution in [3.05, 3.63) is 22.7 Å². The molecular formula is C12H19ClN2O3S. The first-order chi connectivity index (χ1) is 8.57. The molecule has 0 amide bonds. The van der Waals surface area contributed by atoms with Crippen LogP contribution in [0.15, 0.2) is 17.0 Å². The maximum absolute atomic E-state index is 12.2. The third-order valence-electron chi connectivity index (χ3n) is 2.46. The van der Waals surface area contributed by atoms with Gasteiger partial charge in [-0.05, 0) is 38.5 Å². The summed E-state index contributed by atoms with van der Waals surface area (Å²) in [7, 11) is -2.17. The normalized spacial score (nSPS) is 12.5. The Hall–Kier alpha value is -0.820. The molecule has 1 aromatic carbocycles. The second kappa shape index (κ2) is 5.66. The molecule has 0 radical (unpaired) electrons. The number of hydrogen-bond acceptors (Lipinski definition) is 4. The van der Waals surface area contributed by atoms with Crippen molar-refractivity contribution in [2.24, 2.45) is 5.73 Å². The van der Waals surface area contributed by atoms with Gasteiger partial charge in [-0.15, -0.1) is 0 Å². The number of hydrogen-bond donors (Lipinski definition) is 2. The third kappa shape index (κ3) is 4.35. The van der Waals surface area contributed by atoms with E-state index < -0.39 is 15.6 Å². The highest BCUT2D eigenvalue weighted by Gasteiger charge is 2.22. The molecule has 0 bridgehead atoms. The van der Waals surface area contributed by atoms with Crippen molar-refractivity contribution >= 4 is 21.6 Å². The van der Waals surface area contributed by atoms with E-state index in [0.29, 0.717) is 11.3 Å². The minimum atomic E-state index is -3.64. The molecule has 0 fully saturated rings. The minimum Gasteiger partial charge on any atom is -0.495 e. The van der Waals surface area contributed by atoms with Crippen LogP contribution < -0.4 is 15.2 Å². The van der Waals surface area contributed by atoms with E-state index >= 15 is 0 Å². The highest BCUT2D eigenvalue weighted by molar-refractivity contribution is 7.89. The van der Waals surface area contributed by atoms with Crippen molar-refractivity contribution in [3.63, 3.8) is 0 Å². The van der Waals surface area contributed by atoms with Crippen molar-refractivity contribution < 1.29 is 13.2 Å². The average Bonchev–Trinajstić information content (AvgIpc) is 2.28. The van der Waals surface area contributed by atoms with Gasteiger partial charge in [0.2, 0.25) is 10.0 Å². The molecule has 0 aliphatic carbocycles. The summed E-state index contributed by atoms with van der Waals surface area (Å²) in [4.78, 5) is 0.127. The van der Waals surface area contributed by atoms with Crippen molar-refractivity contribution in [1.29, 1.82) is 0 Å². The van der Waals surface area contributed by atoms with Gasteiger partial charge < -0.3 is 10.5 Å². The Bertz CT molecular complexity index is 565. The molecule has 0 unspecified atom stereocenters. The van der Waals surface area contributed by atoms with Gasteiger partial charge in [-0.3, -0.25) is 0 Å². The Morgan fingerprint density at radius 2 is 2.00 bits per heavy atom. The Labute approximate surface area is 119 Å². The van der Waals surface area contributed by atoms with Gasteiger partial charge in [-0.2, -0.15) is 0 Å². The highest BCUT2D eigenvalue weighted by atomic mass is 35.5. The van der Waals surface area contributed by atoms with Crippen molar-refractivity contribution in [2.75, 3.05) is 13.7 Å². The summed E-state index contributed by atoms with van der Waals surface area (Å²) in [5.74, 6) is 0.442. The van der Waals surface area contributed by atoms with Crippen LogP contribution in [0.3, 0.4) is 0 Å². The van der Waals surface area contributed by atoms with Crippen molar-refractivity contribution in [3.8, 4) is 5.75 Å². The van der Waals surface area contributed by atoms with Crippen LogP contribution in [0.1, 0.15) is 19.4 Å². The number of ether oxygens (including phenoxy) is 1. The van der Waals surface area contributed by atoms with Crippen LogP contribution >= 0.6 is 11.6 Å². The summed E-state index contributed by atoms with van der Waals surface area (Å²) in [5, 5.41) is 0.250. The van der Waals surface area contributed by atoms with Crippen molar-refractivity contribution in [2.45, 2.75) is 31.2 Å². The molecule has 1 aromatic rings. The van der Waals surface area contributed by atoms with Crippen LogP contribution in [-0.2, 0) is 10.0 Å². The number of nitrogens with one attached hydrogen (secondary N) is 1. The summed E-state index contributed by atoms with van der Waals surface area (Å²) in [5.41, 5.74) is 5.69. The molecule has 19 heavy (non-hydrogen) atoms. The zero-order chi connectivity index (χ0) is 14.8. The van der Waals surface area contributed by atoms with Crippen LogP contribution in [-0.4, -0.2) is 27.6 Å². The molecule has 0 atom stereocenters. The lowest BCUT2D eigenvalue weighted by atomic mass is 10.1. The molecule has 0 aliphatic rings. The number of halogens is 1.